The van der Waals surface area contributed by atoms with Crippen LogP contribution in [0.5, 0.6) is 0 Å². The molecule has 0 aliphatic heterocycles. The molecule has 1 aliphatic carbocycles. The molecule has 3 N–H and O–H groups in total. The third-order valence-electron chi connectivity index (χ3n) is 4.84. The van der Waals surface area contributed by atoms with Crippen LogP contribution in [-0.2, 0) is 4.79 Å². The lowest BCUT2D eigenvalue weighted by Crippen LogP contribution is -2.40. The summed E-state index contributed by atoms with van der Waals surface area (Å²) in [5.41, 5.74) is 6.38. The summed E-state index contributed by atoms with van der Waals surface area (Å²) in [7, 11) is 0. The molecule has 4 rings (SSSR count). The van der Waals surface area contributed by atoms with Crippen LogP contribution in [0.25, 0.3) is 17.0 Å². The molecule has 2 aromatic heterocycles. The highest BCUT2D eigenvalue weighted by Crippen LogP contribution is 2.27. The number of carbonyl (C=O) groups excluding carboxylic acids is 1. The molecule has 1 fully saturated rings. The standard InChI is InChI=1S/C18H19FN6O/c19-13-7-3-1-5-11(13)18-23-22-16-10-9-15(24-25(16)18)21-14-8-4-2-6-12(14)17(20)26/h1,3,5,7,9-10,12,14H,2,4,6,8H2,(H2,20,26)(H,21,24). The number of halogens is 1. The maximum absolute atomic E-state index is 14.1. The molecule has 3 aromatic rings. The van der Waals surface area contributed by atoms with Crippen LogP contribution in [0.4, 0.5) is 10.2 Å². The third kappa shape index (κ3) is 2.98. The van der Waals surface area contributed by atoms with E-state index in [0.717, 1.165) is 25.7 Å². The van der Waals surface area contributed by atoms with Gasteiger partial charge >= 0.3 is 0 Å². The van der Waals surface area contributed by atoms with E-state index < -0.39 is 0 Å². The molecular formula is C18H19FN6O. The van der Waals surface area contributed by atoms with Gasteiger partial charge in [0.2, 0.25) is 5.91 Å². The Morgan fingerprint density at radius 3 is 2.77 bits per heavy atom. The van der Waals surface area contributed by atoms with E-state index >= 15 is 0 Å². The van der Waals surface area contributed by atoms with Crippen molar-refractivity contribution in [3.8, 4) is 11.4 Å². The van der Waals surface area contributed by atoms with E-state index in [4.69, 9.17) is 5.73 Å². The van der Waals surface area contributed by atoms with Crippen LogP contribution in [0.15, 0.2) is 36.4 Å². The molecule has 0 spiro atoms. The summed E-state index contributed by atoms with van der Waals surface area (Å²) < 4.78 is 15.6. The quantitative estimate of drug-likeness (QED) is 0.750. The molecule has 2 unspecified atom stereocenters. The van der Waals surface area contributed by atoms with E-state index in [2.05, 4.69) is 20.6 Å². The average Bonchev–Trinajstić information content (AvgIpc) is 3.05. The number of aromatic nitrogens is 4. The number of nitrogens with zero attached hydrogens (tertiary/aromatic N) is 4. The zero-order chi connectivity index (χ0) is 18.1. The molecule has 26 heavy (non-hydrogen) atoms. The molecule has 2 heterocycles. The minimum atomic E-state index is -0.386. The number of amides is 1. The van der Waals surface area contributed by atoms with Crippen LogP contribution in [0, 0.1) is 11.7 Å². The predicted octanol–water partition coefficient (Wildman–Crippen LogP) is 2.39. The smallest absolute Gasteiger partial charge is 0.222 e. The van der Waals surface area contributed by atoms with Crippen molar-refractivity contribution in [1.29, 1.82) is 0 Å². The van der Waals surface area contributed by atoms with Crippen molar-refractivity contribution in [3.05, 3.63) is 42.2 Å². The van der Waals surface area contributed by atoms with Gasteiger partial charge in [0.05, 0.1) is 11.5 Å². The molecule has 0 saturated heterocycles. The Balaban J connectivity index is 1.68. The van der Waals surface area contributed by atoms with E-state index in [0.29, 0.717) is 22.9 Å². The zero-order valence-electron chi connectivity index (χ0n) is 14.1. The number of nitrogens with two attached hydrogens (primary N) is 1. The van der Waals surface area contributed by atoms with Crippen molar-refractivity contribution in [1.82, 2.24) is 19.8 Å². The van der Waals surface area contributed by atoms with Crippen LogP contribution in [0.2, 0.25) is 0 Å². The van der Waals surface area contributed by atoms with Gasteiger partial charge in [0.25, 0.3) is 0 Å². The van der Waals surface area contributed by atoms with E-state index in [1.54, 1.807) is 30.3 Å². The minimum absolute atomic E-state index is 0.0559. The number of rotatable bonds is 4. The number of fused-ring (bicyclic) bond motifs is 1. The van der Waals surface area contributed by atoms with Crippen molar-refractivity contribution < 1.29 is 9.18 Å². The Morgan fingerprint density at radius 2 is 1.96 bits per heavy atom. The lowest BCUT2D eigenvalue weighted by Gasteiger charge is -2.30. The molecule has 1 aliphatic rings. The predicted molar refractivity (Wildman–Crippen MR) is 94.7 cm³/mol. The summed E-state index contributed by atoms with van der Waals surface area (Å²) in [5.74, 6) is 0.0146. The number of hydrogen-bond acceptors (Lipinski definition) is 5. The van der Waals surface area contributed by atoms with Crippen molar-refractivity contribution in [2.45, 2.75) is 31.7 Å². The van der Waals surface area contributed by atoms with Crippen LogP contribution in [0.3, 0.4) is 0 Å². The van der Waals surface area contributed by atoms with Gasteiger partial charge in [-0.2, -0.15) is 4.52 Å². The molecule has 1 amide bonds. The van der Waals surface area contributed by atoms with Gasteiger partial charge in [-0.25, -0.2) is 4.39 Å². The lowest BCUT2D eigenvalue weighted by molar-refractivity contribution is -0.122. The van der Waals surface area contributed by atoms with Crippen LogP contribution in [-0.4, -0.2) is 31.8 Å². The van der Waals surface area contributed by atoms with E-state index in [1.807, 2.05) is 0 Å². The summed E-state index contributed by atoms with van der Waals surface area (Å²) in [6.45, 7) is 0. The monoisotopic (exact) mass is 354 g/mol. The van der Waals surface area contributed by atoms with Crippen molar-refractivity contribution in [2.75, 3.05) is 5.32 Å². The number of carbonyl (C=O) groups is 1. The molecule has 134 valence electrons. The molecule has 2 atom stereocenters. The van der Waals surface area contributed by atoms with E-state index in [9.17, 15) is 9.18 Å². The second-order valence-electron chi connectivity index (χ2n) is 6.54. The van der Waals surface area contributed by atoms with Gasteiger partial charge in [0, 0.05) is 6.04 Å². The Kier molecular flexibility index (Phi) is 4.24. The molecule has 7 nitrogen and oxygen atoms in total. The van der Waals surface area contributed by atoms with Gasteiger partial charge in [0.15, 0.2) is 11.5 Å². The summed E-state index contributed by atoms with van der Waals surface area (Å²) in [6.07, 6.45) is 3.68. The van der Waals surface area contributed by atoms with Gasteiger partial charge in [-0.05, 0) is 37.1 Å². The molecule has 0 bridgehead atoms. The van der Waals surface area contributed by atoms with Gasteiger partial charge in [-0.3, -0.25) is 4.79 Å². The molecule has 0 radical (unpaired) electrons. The maximum Gasteiger partial charge on any atom is 0.222 e. The first-order valence-electron chi connectivity index (χ1n) is 8.67. The summed E-state index contributed by atoms with van der Waals surface area (Å²) in [5, 5.41) is 15.9. The largest absolute Gasteiger partial charge is 0.369 e. The number of nitrogens with one attached hydrogen (secondary N) is 1. The molecule has 1 aromatic carbocycles. The highest BCUT2D eigenvalue weighted by atomic mass is 19.1. The second kappa shape index (κ2) is 6.70. The topological polar surface area (TPSA) is 98.2 Å². The fourth-order valence-electron chi connectivity index (χ4n) is 3.51. The van der Waals surface area contributed by atoms with Crippen LogP contribution >= 0.6 is 0 Å². The fraction of sp³-hybridized carbons (Fsp3) is 0.333. The van der Waals surface area contributed by atoms with Crippen molar-refractivity contribution >= 4 is 17.4 Å². The Labute approximate surface area is 149 Å². The first-order valence-corrected chi connectivity index (χ1v) is 8.67. The number of anilines is 1. The van der Waals surface area contributed by atoms with Crippen LogP contribution in [0.1, 0.15) is 25.7 Å². The zero-order valence-corrected chi connectivity index (χ0v) is 14.1. The SMILES string of the molecule is NC(=O)C1CCCCC1Nc1ccc2nnc(-c3ccccc3F)n2n1. The Hall–Kier alpha value is -3.03. The van der Waals surface area contributed by atoms with Gasteiger partial charge in [-0.15, -0.1) is 15.3 Å². The second-order valence-corrected chi connectivity index (χ2v) is 6.54. The minimum Gasteiger partial charge on any atom is -0.369 e. The molecular weight excluding hydrogens is 335 g/mol. The average molecular weight is 354 g/mol. The third-order valence-corrected chi connectivity index (χ3v) is 4.84. The van der Waals surface area contributed by atoms with Gasteiger partial charge in [-0.1, -0.05) is 25.0 Å². The van der Waals surface area contributed by atoms with E-state index in [-0.39, 0.29) is 23.7 Å². The van der Waals surface area contributed by atoms with Crippen LogP contribution < -0.4 is 11.1 Å². The highest BCUT2D eigenvalue weighted by molar-refractivity contribution is 5.78. The number of benzene rings is 1. The summed E-state index contributed by atoms with van der Waals surface area (Å²) >= 11 is 0. The highest BCUT2D eigenvalue weighted by Gasteiger charge is 2.29. The molecule has 1 saturated carbocycles. The normalized spacial score (nSPS) is 20.2. The fourth-order valence-corrected chi connectivity index (χ4v) is 3.51. The van der Waals surface area contributed by atoms with Gasteiger partial charge < -0.3 is 11.1 Å². The first kappa shape index (κ1) is 16.4. The summed E-state index contributed by atoms with van der Waals surface area (Å²) in [6, 6.07) is 9.85. The number of primary amides is 1. The van der Waals surface area contributed by atoms with E-state index in [1.165, 1.54) is 10.6 Å². The summed E-state index contributed by atoms with van der Waals surface area (Å²) in [4.78, 5) is 11.7. The first-order chi connectivity index (χ1) is 12.6. The van der Waals surface area contributed by atoms with Crippen molar-refractivity contribution in [3.63, 3.8) is 0 Å². The maximum atomic E-state index is 14.1. The lowest BCUT2D eigenvalue weighted by atomic mass is 9.84. The molecule has 8 heteroatoms. The number of hydrogen-bond donors (Lipinski definition) is 2. The Bertz CT molecular complexity index is 956. The van der Waals surface area contributed by atoms with Gasteiger partial charge in [0.1, 0.15) is 11.6 Å². The van der Waals surface area contributed by atoms with Crippen molar-refractivity contribution in [2.24, 2.45) is 11.7 Å². The Morgan fingerprint density at radius 1 is 1.15 bits per heavy atom.